The van der Waals surface area contributed by atoms with E-state index in [4.69, 9.17) is 9.72 Å². The summed E-state index contributed by atoms with van der Waals surface area (Å²) >= 11 is 2.33. The van der Waals surface area contributed by atoms with Crippen molar-refractivity contribution in [2.24, 2.45) is 0 Å². The van der Waals surface area contributed by atoms with Crippen molar-refractivity contribution < 1.29 is 4.74 Å². The second kappa shape index (κ2) is 7.11. The molecule has 0 spiro atoms. The first-order chi connectivity index (χ1) is 9.67. The van der Waals surface area contributed by atoms with Crippen LogP contribution in [0.1, 0.15) is 19.0 Å². The average Bonchev–Trinajstić information content (AvgIpc) is 2.86. The van der Waals surface area contributed by atoms with E-state index in [1.165, 1.54) is 14.6 Å². The minimum absolute atomic E-state index is 0. The maximum Gasteiger partial charge on any atom is 0.0766 e. The summed E-state index contributed by atoms with van der Waals surface area (Å²) in [6.07, 6.45) is 1.48. The molecule has 0 aliphatic carbocycles. The number of aryl methyl sites for hydroxylation is 1. The minimum Gasteiger partial charge on any atom is -0.377 e. The van der Waals surface area contributed by atoms with Crippen LogP contribution in [-0.4, -0.2) is 30.8 Å². The lowest BCUT2D eigenvalue weighted by Crippen LogP contribution is -2.23. The Labute approximate surface area is 145 Å². The van der Waals surface area contributed by atoms with E-state index < -0.39 is 0 Å². The fourth-order valence-electron chi connectivity index (χ4n) is 2.86. The van der Waals surface area contributed by atoms with Crippen molar-refractivity contribution in [3.63, 3.8) is 0 Å². The zero-order valence-electron chi connectivity index (χ0n) is 12.3. The lowest BCUT2D eigenvalue weighted by atomic mass is 10.1. The fraction of sp³-hybridized carbons (Fsp3) is 0.438. The molecule has 1 aromatic heterocycles. The van der Waals surface area contributed by atoms with Gasteiger partial charge in [-0.25, -0.2) is 0 Å². The molecule has 3 rings (SSSR count). The largest absolute Gasteiger partial charge is 0.377 e. The first-order valence-corrected chi connectivity index (χ1v) is 8.18. The maximum atomic E-state index is 5.73. The van der Waals surface area contributed by atoms with Crippen molar-refractivity contribution in [2.45, 2.75) is 26.4 Å². The predicted octanol–water partition coefficient (Wildman–Crippen LogP) is 4.18. The van der Waals surface area contributed by atoms with Gasteiger partial charge in [-0.3, -0.25) is 4.98 Å². The number of ether oxygens (including phenoxy) is 1. The number of hydrogen-bond acceptors (Lipinski definition) is 3. The first-order valence-electron chi connectivity index (χ1n) is 7.11. The molecule has 114 valence electrons. The summed E-state index contributed by atoms with van der Waals surface area (Å²) in [4.78, 5) is 7.17. The van der Waals surface area contributed by atoms with E-state index in [9.17, 15) is 0 Å². The van der Waals surface area contributed by atoms with Crippen LogP contribution in [0.25, 0.3) is 10.9 Å². The van der Waals surface area contributed by atoms with Gasteiger partial charge in [-0.2, -0.15) is 0 Å². The van der Waals surface area contributed by atoms with Crippen LogP contribution in [-0.2, 0) is 4.74 Å². The van der Waals surface area contributed by atoms with E-state index in [-0.39, 0.29) is 12.4 Å². The summed E-state index contributed by atoms with van der Waals surface area (Å²) in [6.45, 7) is 7.00. The van der Waals surface area contributed by atoms with Crippen molar-refractivity contribution in [3.05, 3.63) is 33.5 Å². The van der Waals surface area contributed by atoms with Crippen molar-refractivity contribution in [2.75, 3.05) is 24.6 Å². The Bertz CT molecular complexity index is 635. The van der Waals surface area contributed by atoms with Crippen LogP contribution in [0.2, 0.25) is 0 Å². The highest BCUT2D eigenvalue weighted by Gasteiger charge is 2.24. The van der Waals surface area contributed by atoms with E-state index in [0.717, 1.165) is 37.3 Å². The van der Waals surface area contributed by atoms with Crippen LogP contribution in [0.3, 0.4) is 0 Å². The van der Waals surface area contributed by atoms with Gasteiger partial charge in [-0.05, 0) is 61.1 Å². The number of halogens is 2. The van der Waals surface area contributed by atoms with Gasteiger partial charge >= 0.3 is 0 Å². The number of hydrogen-bond donors (Lipinski definition) is 0. The number of nitrogens with zero attached hydrogens (tertiary/aromatic N) is 2. The Morgan fingerprint density at radius 3 is 2.95 bits per heavy atom. The normalized spacial score (nSPS) is 18.0. The third-order valence-corrected chi connectivity index (χ3v) is 4.50. The number of benzene rings is 1. The molecule has 3 nitrogen and oxygen atoms in total. The van der Waals surface area contributed by atoms with Crippen LogP contribution >= 0.6 is 35.0 Å². The average molecular weight is 419 g/mol. The second-order valence-corrected chi connectivity index (χ2v) is 6.49. The number of rotatable bonds is 3. The molecule has 0 N–H and O–H groups in total. The van der Waals surface area contributed by atoms with Gasteiger partial charge in [0.15, 0.2) is 0 Å². The second-order valence-electron chi connectivity index (χ2n) is 5.24. The summed E-state index contributed by atoms with van der Waals surface area (Å²) in [5.74, 6) is 0. The number of aromatic nitrogens is 1. The highest BCUT2D eigenvalue weighted by Crippen LogP contribution is 2.28. The van der Waals surface area contributed by atoms with Crippen LogP contribution in [0, 0.1) is 10.5 Å². The molecule has 0 amide bonds. The molecule has 2 aromatic rings. The summed E-state index contributed by atoms with van der Waals surface area (Å²) in [5.41, 5.74) is 3.44. The summed E-state index contributed by atoms with van der Waals surface area (Å²) < 4.78 is 6.96. The number of anilines is 1. The van der Waals surface area contributed by atoms with Gasteiger partial charge in [0, 0.05) is 28.7 Å². The van der Waals surface area contributed by atoms with Gasteiger partial charge in [-0.15, -0.1) is 12.4 Å². The lowest BCUT2D eigenvalue weighted by Gasteiger charge is -2.21. The van der Waals surface area contributed by atoms with Gasteiger partial charge in [-0.1, -0.05) is 6.07 Å². The monoisotopic (exact) mass is 418 g/mol. The molecule has 2 heterocycles. The van der Waals surface area contributed by atoms with Crippen LogP contribution in [0.4, 0.5) is 5.69 Å². The van der Waals surface area contributed by atoms with Gasteiger partial charge in [0.05, 0.1) is 23.0 Å². The Morgan fingerprint density at radius 1 is 1.38 bits per heavy atom. The zero-order valence-corrected chi connectivity index (χ0v) is 15.3. The molecule has 0 bridgehead atoms. The van der Waals surface area contributed by atoms with Gasteiger partial charge < -0.3 is 9.64 Å². The van der Waals surface area contributed by atoms with Gasteiger partial charge in [0.2, 0.25) is 0 Å². The lowest BCUT2D eigenvalue weighted by molar-refractivity contribution is 0.0787. The topological polar surface area (TPSA) is 25.4 Å². The van der Waals surface area contributed by atoms with Crippen LogP contribution < -0.4 is 4.90 Å². The maximum absolute atomic E-state index is 5.73. The van der Waals surface area contributed by atoms with E-state index in [0.29, 0.717) is 6.10 Å². The fourth-order valence-corrected chi connectivity index (χ4v) is 3.34. The Kier molecular flexibility index (Phi) is 5.68. The van der Waals surface area contributed by atoms with Crippen LogP contribution in [0.5, 0.6) is 0 Å². The standard InChI is InChI=1S/C16H19IN2O.ClH/c1-3-20-14-6-7-19(10-14)16-8-12-4-5-13(17)9-15(12)18-11(16)2;/h4-5,8-9,14H,3,6-7,10H2,1-2H3;1H. The third kappa shape index (κ3) is 3.60. The van der Waals surface area contributed by atoms with E-state index in [2.05, 4.69) is 65.6 Å². The van der Waals surface area contributed by atoms with E-state index >= 15 is 0 Å². The smallest absolute Gasteiger partial charge is 0.0766 e. The van der Waals surface area contributed by atoms with Crippen molar-refractivity contribution in [1.29, 1.82) is 0 Å². The highest BCUT2D eigenvalue weighted by molar-refractivity contribution is 14.1. The molecule has 21 heavy (non-hydrogen) atoms. The van der Waals surface area contributed by atoms with Crippen molar-refractivity contribution in [1.82, 2.24) is 4.98 Å². The number of fused-ring (bicyclic) bond motifs is 1. The SMILES string of the molecule is CCOC1CCN(c2cc3ccc(I)cc3nc2C)C1.Cl. The molecule has 1 unspecified atom stereocenters. The van der Waals surface area contributed by atoms with Gasteiger partial charge in [0.1, 0.15) is 0 Å². The van der Waals surface area contributed by atoms with Crippen molar-refractivity contribution >= 4 is 51.6 Å². The quantitative estimate of drug-likeness (QED) is 0.699. The molecule has 1 saturated heterocycles. The Morgan fingerprint density at radius 2 is 2.19 bits per heavy atom. The molecular formula is C16H20ClIN2O. The number of pyridine rings is 1. The summed E-state index contributed by atoms with van der Waals surface area (Å²) in [5, 5.41) is 1.21. The summed E-state index contributed by atoms with van der Waals surface area (Å²) in [7, 11) is 0. The molecule has 1 fully saturated rings. The third-order valence-electron chi connectivity index (χ3n) is 3.83. The molecule has 1 aromatic carbocycles. The summed E-state index contributed by atoms with van der Waals surface area (Å²) in [6, 6.07) is 8.70. The minimum atomic E-state index is 0. The molecule has 1 atom stereocenters. The Balaban J connectivity index is 0.00000161. The van der Waals surface area contributed by atoms with Crippen molar-refractivity contribution in [3.8, 4) is 0 Å². The molecular weight excluding hydrogens is 399 g/mol. The van der Waals surface area contributed by atoms with Crippen LogP contribution in [0.15, 0.2) is 24.3 Å². The molecule has 1 aliphatic heterocycles. The molecule has 5 heteroatoms. The molecule has 0 saturated carbocycles. The van der Waals surface area contributed by atoms with E-state index in [1.807, 2.05) is 0 Å². The Hall–Kier alpha value is -0.590. The zero-order chi connectivity index (χ0) is 14.1. The van der Waals surface area contributed by atoms with E-state index in [1.54, 1.807) is 0 Å². The first kappa shape index (κ1) is 16.8. The molecule has 1 aliphatic rings. The highest BCUT2D eigenvalue weighted by atomic mass is 127. The predicted molar refractivity (Wildman–Crippen MR) is 98.7 cm³/mol. The van der Waals surface area contributed by atoms with Gasteiger partial charge in [0.25, 0.3) is 0 Å². The molecule has 0 radical (unpaired) electrons.